The molecule has 0 bridgehead atoms. The monoisotopic (exact) mass is 276 g/mol. The van der Waals surface area contributed by atoms with Crippen LogP contribution < -0.4 is 0 Å². The summed E-state index contributed by atoms with van der Waals surface area (Å²) >= 11 is 1.54. The topological polar surface area (TPSA) is 81.4 Å². The minimum absolute atomic E-state index is 0.294. The van der Waals surface area contributed by atoms with Gasteiger partial charge >= 0.3 is 5.97 Å². The van der Waals surface area contributed by atoms with Crippen LogP contribution in [-0.4, -0.2) is 46.0 Å². The molecule has 0 radical (unpaired) electrons. The zero-order chi connectivity index (χ0) is 13.8. The Morgan fingerprint density at radius 2 is 2.05 bits per heavy atom. The largest absolute Gasteiger partial charge is 0.480 e. The number of hydrogen-bond acceptors (Lipinski definition) is 4. The lowest BCUT2D eigenvalue weighted by Gasteiger charge is -2.32. The molecule has 1 aromatic rings. The van der Waals surface area contributed by atoms with Crippen LogP contribution in [0.25, 0.3) is 0 Å². The number of amides is 1. The van der Waals surface area contributed by atoms with Crippen molar-refractivity contribution in [2.45, 2.75) is 6.04 Å². The van der Waals surface area contributed by atoms with Crippen LogP contribution in [0.3, 0.4) is 0 Å². The summed E-state index contributed by atoms with van der Waals surface area (Å²) in [6, 6.07) is 7.43. The lowest BCUT2D eigenvalue weighted by Crippen LogP contribution is -2.50. The van der Waals surface area contributed by atoms with E-state index >= 15 is 0 Å². The maximum absolute atomic E-state index is 12.3. The summed E-state index contributed by atoms with van der Waals surface area (Å²) in [5.41, 5.74) is 0.887. The first kappa shape index (κ1) is 13.4. The smallest absolute Gasteiger partial charge is 0.327 e. The number of thioether (sulfide) groups is 1. The van der Waals surface area contributed by atoms with Gasteiger partial charge in [0.25, 0.3) is 5.91 Å². The van der Waals surface area contributed by atoms with Crippen molar-refractivity contribution >= 4 is 23.6 Å². The van der Waals surface area contributed by atoms with Gasteiger partial charge in [-0.1, -0.05) is 0 Å². The first-order valence-corrected chi connectivity index (χ1v) is 6.90. The van der Waals surface area contributed by atoms with Gasteiger partial charge in [0.05, 0.1) is 11.6 Å². The third-order valence-corrected chi connectivity index (χ3v) is 3.96. The van der Waals surface area contributed by atoms with Gasteiger partial charge in [-0.05, 0) is 24.3 Å². The molecule has 2 rings (SSSR count). The Kier molecular flexibility index (Phi) is 4.07. The molecule has 1 fully saturated rings. The lowest BCUT2D eigenvalue weighted by atomic mass is 10.1. The quantitative estimate of drug-likeness (QED) is 0.877. The molecule has 1 N–H and O–H groups in total. The van der Waals surface area contributed by atoms with Gasteiger partial charge in [-0.2, -0.15) is 17.0 Å². The van der Waals surface area contributed by atoms with E-state index in [2.05, 4.69) is 0 Å². The summed E-state index contributed by atoms with van der Waals surface area (Å²) in [6.45, 7) is 0.431. The molecule has 1 unspecified atom stereocenters. The average Bonchev–Trinajstić information content (AvgIpc) is 2.46. The highest BCUT2D eigenvalue weighted by Crippen LogP contribution is 2.19. The van der Waals surface area contributed by atoms with Gasteiger partial charge in [0, 0.05) is 23.6 Å². The third kappa shape index (κ3) is 2.88. The van der Waals surface area contributed by atoms with Crippen molar-refractivity contribution < 1.29 is 14.7 Å². The van der Waals surface area contributed by atoms with Crippen molar-refractivity contribution in [2.75, 3.05) is 18.1 Å². The maximum Gasteiger partial charge on any atom is 0.327 e. The minimum atomic E-state index is -0.978. The molecule has 1 saturated heterocycles. The normalized spacial score (nSPS) is 18.7. The summed E-state index contributed by atoms with van der Waals surface area (Å²) < 4.78 is 0. The Labute approximate surface area is 114 Å². The summed E-state index contributed by atoms with van der Waals surface area (Å²) in [5, 5.41) is 17.8. The number of carbonyl (C=O) groups excluding carboxylic acids is 1. The Balaban J connectivity index is 2.21. The van der Waals surface area contributed by atoms with Gasteiger partial charge in [0.15, 0.2) is 0 Å². The second-order valence-electron chi connectivity index (χ2n) is 4.12. The predicted molar refractivity (Wildman–Crippen MR) is 70.9 cm³/mol. The van der Waals surface area contributed by atoms with Gasteiger partial charge in [0.1, 0.15) is 6.04 Å². The number of carboxylic acids is 1. The average molecular weight is 276 g/mol. The van der Waals surface area contributed by atoms with E-state index in [9.17, 15) is 9.59 Å². The molecule has 0 spiro atoms. The highest BCUT2D eigenvalue weighted by Gasteiger charge is 2.32. The molecule has 1 amide bonds. The predicted octanol–water partition coefficient (Wildman–Crippen LogP) is 1.20. The van der Waals surface area contributed by atoms with Crippen molar-refractivity contribution in [1.29, 1.82) is 5.26 Å². The van der Waals surface area contributed by atoms with E-state index in [1.807, 2.05) is 6.07 Å². The van der Waals surface area contributed by atoms with Crippen LogP contribution in [-0.2, 0) is 4.79 Å². The molecule has 19 heavy (non-hydrogen) atoms. The van der Waals surface area contributed by atoms with Gasteiger partial charge in [0.2, 0.25) is 0 Å². The highest BCUT2D eigenvalue weighted by molar-refractivity contribution is 7.99. The molecule has 1 aliphatic heterocycles. The summed E-state index contributed by atoms with van der Waals surface area (Å²) in [4.78, 5) is 24.8. The number of hydrogen-bond donors (Lipinski definition) is 1. The third-order valence-electron chi connectivity index (χ3n) is 2.94. The number of rotatable bonds is 2. The van der Waals surface area contributed by atoms with Crippen LogP contribution in [0.4, 0.5) is 0 Å². The molecular formula is C13H12N2O3S. The zero-order valence-electron chi connectivity index (χ0n) is 10.1. The first-order chi connectivity index (χ1) is 9.13. The SMILES string of the molecule is N#Cc1ccc(C(=O)N2CCSCC2C(=O)O)cc1. The summed E-state index contributed by atoms with van der Waals surface area (Å²) in [5.74, 6) is -0.116. The van der Waals surface area contributed by atoms with E-state index < -0.39 is 12.0 Å². The van der Waals surface area contributed by atoms with Crippen molar-refractivity contribution in [1.82, 2.24) is 4.90 Å². The molecule has 1 atom stereocenters. The zero-order valence-corrected chi connectivity index (χ0v) is 10.9. The van der Waals surface area contributed by atoms with E-state index in [0.29, 0.717) is 23.4 Å². The van der Waals surface area contributed by atoms with Crippen LogP contribution in [0.15, 0.2) is 24.3 Å². The van der Waals surface area contributed by atoms with Gasteiger partial charge in [-0.25, -0.2) is 4.79 Å². The molecular weight excluding hydrogens is 264 g/mol. The second-order valence-corrected chi connectivity index (χ2v) is 5.27. The fourth-order valence-corrected chi connectivity index (χ4v) is 2.94. The fourth-order valence-electron chi connectivity index (χ4n) is 1.90. The van der Waals surface area contributed by atoms with E-state index in [1.54, 1.807) is 24.3 Å². The molecule has 0 aromatic heterocycles. The fraction of sp³-hybridized carbons (Fsp3) is 0.308. The van der Waals surface area contributed by atoms with Crippen LogP contribution in [0.5, 0.6) is 0 Å². The lowest BCUT2D eigenvalue weighted by molar-refractivity contribution is -0.141. The summed E-state index contributed by atoms with van der Waals surface area (Å²) in [7, 11) is 0. The Bertz CT molecular complexity index is 536. The number of carboxylic acid groups (broad SMARTS) is 1. The van der Waals surface area contributed by atoms with E-state index in [0.717, 1.165) is 5.75 Å². The van der Waals surface area contributed by atoms with Gasteiger partial charge in [-0.3, -0.25) is 4.79 Å². The van der Waals surface area contributed by atoms with E-state index in [1.165, 1.54) is 16.7 Å². The molecule has 6 heteroatoms. The van der Waals surface area contributed by atoms with Crippen molar-refractivity contribution in [3.8, 4) is 6.07 Å². The molecule has 0 aliphatic carbocycles. The van der Waals surface area contributed by atoms with Crippen molar-refractivity contribution in [2.24, 2.45) is 0 Å². The molecule has 98 valence electrons. The molecule has 1 aromatic carbocycles. The number of aliphatic carboxylic acids is 1. The molecule has 1 aliphatic rings. The van der Waals surface area contributed by atoms with E-state index in [-0.39, 0.29) is 5.91 Å². The number of nitrogens with zero attached hydrogens (tertiary/aromatic N) is 2. The number of carbonyl (C=O) groups is 2. The van der Waals surface area contributed by atoms with Gasteiger partial charge < -0.3 is 10.0 Å². The summed E-state index contributed by atoms with van der Waals surface area (Å²) in [6.07, 6.45) is 0. The van der Waals surface area contributed by atoms with E-state index in [4.69, 9.17) is 10.4 Å². The Morgan fingerprint density at radius 1 is 1.37 bits per heavy atom. The Morgan fingerprint density at radius 3 is 2.63 bits per heavy atom. The Hall–Kier alpha value is -2.00. The van der Waals surface area contributed by atoms with Crippen LogP contribution in [0, 0.1) is 11.3 Å². The second kappa shape index (κ2) is 5.76. The maximum atomic E-state index is 12.3. The molecule has 0 saturated carbocycles. The van der Waals surface area contributed by atoms with Crippen LogP contribution in [0.2, 0.25) is 0 Å². The van der Waals surface area contributed by atoms with Crippen LogP contribution in [0.1, 0.15) is 15.9 Å². The molecule has 1 heterocycles. The van der Waals surface area contributed by atoms with Crippen molar-refractivity contribution in [3.63, 3.8) is 0 Å². The number of benzene rings is 1. The number of nitriles is 1. The molecule has 5 nitrogen and oxygen atoms in total. The van der Waals surface area contributed by atoms with Gasteiger partial charge in [-0.15, -0.1) is 0 Å². The van der Waals surface area contributed by atoms with Crippen LogP contribution >= 0.6 is 11.8 Å². The minimum Gasteiger partial charge on any atom is -0.480 e. The standard InChI is InChI=1S/C13H12N2O3S/c14-7-9-1-3-10(4-2-9)12(16)15-5-6-19-8-11(15)13(17)18/h1-4,11H,5-6,8H2,(H,17,18). The first-order valence-electron chi connectivity index (χ1n) is 5.75. The van der Waals surface area contributed by atoms with Crippen molar-refractivity contribution in [3.05, 3.63) is 35.4 Å². The highest BCUT2D eigenvalue weighted by atomic mass is 32.2.